The van der Waals surface area contributed by atoms with Gasteiger partial charge in [-0.05, 0) is 42.8 Å². The van der Waals surface area contributed by atoms with Crippen LogP contribution in [0.2, 0.25) is 0 Å². The lowest BCUT2D eigenvalue weighted by molar-refractivity contribution is -0.140. The van der Waals surface area contributed by atoms with Gasteiger partial charge in [0.25, 0.3) is 11.7 Å². The number of aliphatic hydroxyl groups excluding tert-OH is 1. The van der Waals surface area contributed by atoms with Crippen LogP contribution >= 0.6 is 0 Å². The van der Waals surface area contributed by atoms with Gasteiger partial charge in [0, 0.05) is 31.7 Å². The van der Waals surface area contributed by atoms with Crippen molar-refractivity contribution in [3.05, 3.63) is 59.2 Å². The fourth-order valence-electron chi connectivity index (χ4n) is 4.82. The van der Waals surface area contributed by atoms with Gasteiger partial charge in [-0.3, -0.25) is 14.5 Å². The molecule has 0 aliphatic carbocycles. The zero-order chi connectivity index (χ0) is 25.1. The summed E-state index contributed by atoms with van der Waals surface area (Å²) >= 11 is 0. The third-order valence-electron chi connectivity index (χ3n) is 6.60. The molecule has 2 aromatic carbocycles. The Bertz CT molecular complexity index is 1170. The molecule has 0 aromatic heterocycles. The van der Waals surface area contributed by atoms with Gasteiger partial charge < -0.3 is 29.0 Å². The molecule has 2 fully saturated rings. The fraction of sp³-hybridized carbons (Fsp3) is 0.407. The quantitative estimate of drug-likeness (QED) is 0.357. The number of carbonyl (C=O) groups is 2. The minimum absolute atomic E-state index is 0.0484. The van der Waals surface area contributed by atoms with Gasteiger partial charge in [-0.2, -0.15) is 0 Å². The van der Waals surface area contributed by atoms with Crippen molar-refractivity contribution in [3.63, 3.8) is 0 Å². The number of amides is 1. The molecular formula is C27H30N2O7. The maximum Gasteiger partial charge on any atom is 0.295 e. The third kappa shape index (κ3) is 4.76. The van der Waals surface area contributed by atoms with Crippen molar-refractivity contribution < 1.29 is 33.6 Å². The Morgan fingerprint density at radius 1 is 1.00 bits per heavy atom. The molecule has 3 aliphatic rings. The van der Waals surface area contributed by atoms with Crippen LogP contribution in [0.15, 0.2) is 48.0 Å². The topological polar surface area (TPSA) is 97.8 Å². The van der Waals surface area contributed by atoms with E-state index in [2.05, 4.69) is 4.90 Å². The Labute approximate surface area is 209 Å². The minimum atomic E-state index is -0.750. The van der Waals surface area contributed by atoms with E-state index in [1.165, 1.54) is 0 Å². The van der Waals surface area contributed by atoms with Crippen molar-refractivity contribution in [2.24, 2.45) is 0 Å². The molecule has 0 bridgehead atoms. The standard InChI is InChI=1S/C27H30N2O7/c1-2-34-20-5-3-4-18(16-20)24-23(25(30)19-6-7-21-22(17-19)36-15-14-35-21)26(31)27(32)29(24)9-8-28-10-12-33-13-11-28/h3-7,16-17,24,30H,2,8-15H2,1H3/b25-23+/t24-/m0/s1. The van der Waals surface area contributed by atoms with Crippen molar-refractivity contribution in [2.45, 2.75) is 13.0 Å². The number of ether oxygens (including phenoxy) is 4. The average molecular weight is 495 g/mol. The number of Topliss-reactive ketones (excluding diaryl/α,β-unsaturated/α-hetero) is 1. The predicted octanol–water partition coefficient (Wildman–Crippen LogP) is 2.61. The summed E-state index contributed by atoms with van der Waals surface area (Å²) in [6.45, 7) is 6.98. The number of ketones is 1. The van der Waals surface area contributed by atoms with Crippen molar-refractivity contribution >= 4 is 17.4 Å². The first-order valence-electron chi connectivity index (χ1n) is 12.3. The summed E-state index contributed by atoms with van der Waals surface area (Å²) in [5, 5.41) is 11.4. The number of likely N-dealkylation sites (tertiary alicyclic amines) is 1. The number of fused-ring (bicyclic) bond motifs is 1. The number of benzene rings is 2. The Hall–Kier alpha value is -3.56. The number of morpholine rings is 1. The van der Waals surface area contributed by atoms with E-state index < -0.39 is 17.7 Å². The normalized spacial score (nSPS) is 21.6. The van der Waals surface area contributed by atoms with E-state index in [0.717, 1.165) is 13.1 Å². The van der Waals surface area contributed by atoms with Crippen molar-refractivity contribution in [3.8, 4) is 17.2 Å². The van der Waals surface area contributed by atoms with Gasteiger partial charge in [-0.1, -0.05) is 12.1 Å². The summed E-state index contributed by atoms with van der Waals surface area (Å²) in [7, 11) is 0. The SMILES string of the molecule is CCOc1cccc([C@H]2/C(=C(\O)c3ccc4c(c3)OCCO4)C(=O)C(=O)N2CCN2CCOCC2)c1. The van der Waals surface area contributed by atoms with E-state index in [-0.39, 0.29) is 11.3 Å². The maximum atomic E-state index is 13.3. The van der Waals surface area contributed by atoms with E-state index in [9.17, 15) is 14.7 Å². The van der Waals surface area contributed by atoms with Crippen LogP contribution in [0.25, 0.3) is 5.76 Å². The first-order chi connectivity index (χ1) is 17.6. The first-order valence-corrected chi connectivity index (χ1v) is 12.3. The fourth-order valence-corrected chi connectivity index (χ4v) is 4.82. The summed E-state index contributed by atoms with van der Waals surface area (Å²) < 4.78 is 22.3. The highest BCUT2D eigenvalue weighted by atomic mass is 16.6. The zero-order valence-corrected chi connectivity index (χ0v) is 20.3. The van der Waals surface area contributed by atoms with Gasteiger partial charge in [0.05, 0.1) is 31.4 Å². The number of aliphatic hydroxyl groups is 1. The molecule has 9 heteroatoms. The molecule has 3 aliphatic heterocycles. The Kier molecular flexibility index (Phi) is 7.11. The molecule has 5 rings (SSSR count). The average Bonchev–Trinajstić information content (AvgIpc) is 3.17. The number of nitrogens with zero attached hydrogens (tertiary/aromatic N) is 2. The molecule has 9 nitrogen and oxygen atoms in total. The maximum absolute atomic E-state index is 13.3. The predicted molar refractivity (Wildman–Crippen MR) is 131 cm³/mol. The summed E-state index contributed by atoms with van der Waals surface area (Å²) in [6.07, 6.45) is 0. The molecule has 1 atom stereocenters. The van der Waals surface area contributed by atoms with Crippen molar-refractivity contribution in [1.29, 1.82) is 0 Å². The van der Waals surface area contributed by atoms with Crippen LogP contribution in [0, 0.1) is 0 Å². The molecule has 36 heavy (non-hydrogen) atoms. The smallest absolute Gasteiger partial charge is 0.295 e. The highest BCUT2D eigenvalue weighted by molar-refractivity contribution is 6.46. The molecule has 2 saturated heterocycles. The molecule has 1 amide bonds. The molecule has 0 saturated carbocycles. The van der Waals surface area contributed by atoms with E-state index in [0.29, 0.717) is 74.5 Å². The van der Waals surface area contributed by atoms with Crippen LogP contribution < -0.4 is 14.2 Å². The molecule has 2 aromatic rings. The van der Waals surface area contributed by atoms with Crippen molar-refractivity contribution in [2.75, 3.05) is 59.2 Å². The third-order valence-corrected chi connectivity index (χ3v) is 6.60. The van der Waals surface area contributed by atoms with Gasteiger partial charge in [0.2, 0.25) is 0 Å². The van der Waals surface area contributed by atoms with Gasteiger partial charge in [-0.15, -0.1) is 0 Å². The number of hydrogen-bond acceptors (Lipinski definition) is 8. The largest absolute Gasteiger partial charge is 0.507 e. The number of hydrogen-bond donors (Lipinski definition) is 1. The Balaban J connectivity index is 1.54. The summed E-state index contributed by atoms with van der Waals surface area (Å²) in [5.41, 5.74) is 1.13. The van der Waals surface area contributed by atoms with Crippen LogP contribution in [0.4, 0.5) is 0 Å². The first kappa shape index (κ1) is 24.1. The molecule has 0 spiro atoms. The van der Waals surface area contributed by atoms with E-state index in [1.54, 1.807) is 23.1 Å². The molecule has 0 radical (unpaired) electrons. The second-order valence-corrected chi connectivity index (χ2v) is 8.81. The summed E-state index contributed by atoms with van der Waals surface area (Å²) in [5.74, 6) is 0.107. The van der Waals surface area contributed by atoms with Crippen molar-refractivity contribution in [1.82, 2.24) is 9.80 Å². The van der Waals surface area contributed by atoms with E-state index >= 15 is 0 Å². The van der Waals surface area contributed by atoms with Gasteiger partial charge in [-0.25, -0.2) is 0 Å². The van der Waals surface area contributed by atoms with E-state index in [4.69, 9.17) is 18.9 Å². The van der Waals surface area contributed by atoms with Gasteiger partial charge >= 0.3 is 0 Å². The summed E-state index contributed by atoms with van der Waals surface area (Å²) in [6, 6.07) is 11.6. The minimum Gasteiger partial charge on any atom is -0.507 e. The van der Waals surface area contributed by atoms with Crippen LogP contribution in [-0.4, -0.2) is 85.8 Å². The highest BCUT2D eigenvalue weighted by Gasteiger charge is 2.46. The van der Waals surface area contributed by atoms with Crippen LogP contribution in [0.5, 0.6) is 17.2 Å². The van der Waals surface area contributed by atoms with Gasteiger partial charge in [0.15, 0.2) is 11.5 Å². The molecular weight excluding hydrogens is 464 g/mol. The lowest BCUT2D eigenvalue weighted by Crippen LogP contribution is -2.42. The molecule has 0 unspecified atom stereocenters. The Morgan fingerprint density at radius 3 is 2.56 bits per heavy atom. The second-order valence-electron chi connectivity index (χ2n) is 8.81. The highest BCUT2D eigenvalue weighted by Crippen LogP contribution is 2.41. The molecule has 1 N–H and O–H groups in total. The lowest BCUT2D eigenvalue weighted by atomic mass is 9.95. The molecule has 3 heterocycles. The number of rotatable bonds is 7. The summed E-state index contributed by atoms with van der Waals surface area (Å²) in [4.78, 5) is 30.4. The molecule has 190 valence electrons. The van der Waals surface area contributed by atoms with Crippen LogP contribution in [0.3, 0.4) is 0 Å². The lowest BCUT2D eigenvalue weighted by Gasteiger charge is -2.31. The second kappa shape index (κ2) is 10.6. The number of carbonyl (C=O) groups excluding carboxylic acids is 2. The van der Waals surface area contributed by atoms with Crippen LogP contribution in [0.1, 0.15) is 24.1 Å². The van der Waals surface area contributed by atoms with E-state index in [1.807, 2.05) is 31.2 Å². The van der Waals surface area contributed by atoms with Crippen LogP contribution in [-0.2, 0) is 14.3 Å². The zero-order valence-electron chi connectivity index (χ0n) is 20.3. The Morgan fingerprint density at radius 2 is 1.78 bits per heavy atom. The monoisotopic (exact) mass is 494 g/mol. The van der Waals surface area contributed by atoms with Gasteiger partial charge in [0.1, 0.15) is 24.7 Å².